The second kappa shape index (κ2) is 3.74. The third-order valence-electron chi connectivity index (χ3n) is 2.55. The minimum atomic E-state index is -0.462. The number of rotatable bonds is 2. The average Bonchev–Trinajstić information content (AvgIpc) is 2.72. The van der Waals surface area contributed by atoms with Crippen molar-refractivity contribution in [2.45, 2.75) is 12.5 Å². The lowest BCUT2D eigenvalue weighted by Gasteiger charge is -2.20. The second-order valence-corrected chi connectivity index (χ2v) is 3.87. The number of carbonyl (C=O) groups is 2. The van der Waals surface area contributed by atoms with Gasteiger partial charge in [0.1, 0.15) is 12.6 Å². The van der Waals surface area contributed by atoms with Gasteiger partial charge in [-0.1, -0.05) is 0 Å². The Morgan fingerprint density at radius 2 is 2.36 bits per heavy atom. The first-order chi connectivity index (χ1) is 6.72. The fraction of sp³-hybridized carbons (Fsp3) is 0.750. The monoisotopic (exact) mass is 218 g/mol. The number of hydrogen-bond donors (Lipinski definition) is 1. The van der Waals surface area contributed by atoms with Crippen LogP contribution >= 0.6 is 11.6 Å². The van der Waals surface area contributed by atoms with Crippen molar-refractivity contribution in [3.63, 3.8) is 0 Å². The normalized spacial score (nSPS) is 32.5. The van der Waals surface area contributed by atoms with Crippen LogP contribution in [0, 0.1) is 5.92 Å². The fourth-order valence-corrected chi connectivity index (χ4v) is 1.99. The van der Waals surface area contributed by atoms with Gasteiger partial charge in [-0.3, -0.25) is 14.4 Å². The van der Waals surface area contributed by atoms with Gasteiger partial charge < -0.3 is 4.90 Å². The number of hydrogen-bond acceptors (Lipinski definition) is 3. The standard InChI is InChI=1S/C8H11ClN2O3/c9-2-5-1-7(12)11(3-5)6-4-14-10-8(6)13/h5-6H,1-4H2,(H,10,13). The molecule has 2 fully saturated rings. The first-order valence-corrected chi connectivity index (χ1v) is 5.03. The van der Waals surface area contributed by atoms with E-state index in [0.717, 1.165) is 0 Å². The highest BCUT2D eigenvalue weighted by molar-refractivity contribution is 6.18. The molecule has 0 bridgehead atoms. The molecule has 2 heterocycles. The molecule has 2 unspecified atom stereocenters. The molecule has 2 saturated heterocycles. The van der Waals surface area contributed by atoms with Crippen molar-refractivity contribution in [1.82, 2.24) is 10.4 Å². The largest absolute Gasteiger partial charge is 0.328 e. The summed E-state index contributed by atoms with van der Waals surface area (Å²) in [5.74, 6) is 0.365. The maximum Gasteiger partial charge on any atom is 0.268 e. The molecule has 5 nitrogen and oxygen atoms in total. The van der Waals surface area contributed by atoms with E-state index < -0.39 is 6.04 Å². The molecule has 0 aromatic carbocycles. The Bertz CT molecular complexity index is 271. The predicted molar refractivity (Wildman–Crippen MR) is 48.4 cm³/mol. The SMILES string of the molecule is O=C1NOCC1N1CC(CCl)CC1=O. The number of likely N-dealkylation sites (tertiary alicyclic amines) is 1. The van der Waals surface area contributed by atoms with Gasteiger partial charge >= 0.3 is 0 Å². The Morgan fingerprint density at radius 3 is 2.86 bits per heavy atom. The maximum atomic E-state index is 11.5. The zero-order valence-electron chi connectivity index (χ0n) is 7.53. The van der Waals surface area contributed by atoms with Crippen molar-refractivity contribution in [3.8, 4) is 0 Å². The van der Waals surface area contributed by atoms with Crippen LogP contribution in [0.4, 0.5) is 0 Å². The lowest BCUT2D eigenvalue weighted by molar-refractivity contribution is -0.135. The van der Waals surface area contributed by atoms with Gasteiger partial charge in [0.05, 0.1) is 0 Å². The van der Waals surface area contributed by atoms with E-state index in [9.17, 15) is 9.59 Å². The van der Waals surface area contributed by atoms with E-state index in [-0.39, 0.29) is 24.3 Å². The van der Waals surface area contributed by atoms with Gasteiger partial charge in [0.2, 0.25) is 5.91 Å². The Morgan fingerprint density at radius 1 is 1.57 bits per heavy atom. The summed E-state index contributed by atoms with van der Waals surface area (Å²) >= 11 is 5.67. The van der Waals surface area contributed by atoms with Crippen LogP contribution in [-0.2, 0) is 14.4 Å². The molecule has 78 valence electrons. The van der Waals surface area contributed by atoms with Crippen LogP contribution in [-0.4, -0.2) is 41.8 Å². The van der Waals surface area contributed by atoms with Crippen molar-refractivity contribution in [2.75, 3.05) is 19.0 Å². The van der Waals surface area contributed by atoms with Gasteiger partial charge in [-0.05, 0) is 5.92 Å². The molecular formula is C8H11ClN2O3. The molecule has 2 aliphatic heterocycles. The van der Waals surface area contributed by atoms with Crippen molar-refractivity contribution in [3.05, 3.63) is 0 Å². The zero-order chi connectivity index (χ0) is 10.1. The van der Waals surface area contributed by atoms with Crippen LogP contribution in [0.5, 0.6) is 0 Å². The van der Waals surface area contributed by atoms with E-state index in [1.54, 1.807) is 4.90 Å². The molecule has 0 saturated carbocycles. The number of nitrogens with one attached hydrogen (secondary N) is 1. The molecule has 2 amide bonds. The fourth-order valence-electron chi connectivity index (χ4n) is 1.78. The molecule has 14 heavy (non-hydrogen) atoms. The summed E-state index contributed by atoms with van der Waals surface area (Å²) in [5, 5.41) is 0. The Hall–Kier alpha value is -0.810. The van der Waals surface area contributed by atoms with Crippen LogP contribution < -0.4 is 5.48 Å². The smallest absolute Gasteiger partial charge is 0.268 e. The van der Waals surface area contributed by atoms with Gasteiger partial charge in [0, 0.05) is 18.8 Å². The summed E-state index contributed by atoms with van der Waals surface area (Å²) in [5.41, 5.74) is 2.23. The molecule has 2 aliphatic rings. The summed E-state index contributed by atoms with van der Waals surface area (Å²) < 4.78 is 0. The maximum absolute atomic E-state index is 11.5. The summed E-state index contributed by atoms with van der Waals surface area (Å²) in [6, 6.07) is -0.462. The van der Waals surface area contributed by atoms with E-state index in [2.05, 4.69) is 5.48 Å². The van der Waals surface area contributed by atoms with Crippen LogP contribution in [0.2, 0.25) is 0 Å². The van der Waals surface area contributed by atoms with Crippen molar-refractivity contribution >= 4 is 23.4 Å². The number of halogens is 1. The van der Waals surface area contributed by atoms with Crippen molar-refractivity contribution < 1.29 is 14.4 Å². The zero-order valence-corrected chi connectivity index (χ0v) is 8.29. The van der Waals surface area contributed by atoms with E-state index >= 15 is 0 Å². The lowest BCUT2D eigenvalue weighted by atomic mass is 10.1. The molecule has 0 aliphatic carbocycles. The topological polar surface area (TPSA) is 58.6 Å². The molecule has 0 aromatic rings. The van der Waals surface area contributed by atoms with Gasteiger partial charge in [-0.2, -0.15) is 0 Å². The van der Waals surface area contributed by atoms with Gasteiger partial charge in [-0.25, -0.2) is 5.48 Å². The summed E-state index contributed by atoms with van der Waals surface area (Å²) in [6.45, 7) is 0.795. The second-order valence-electron chi connectivity index (χ2n) is 3.56. The summed E-state index contributed by atoms with van der Waals surface area (Å²) in [7, 11) is 0. The number of amides is 2. The molecule has 2 rings (SSSR count). The van der Waals surface area contributed by atoms with Gasteiger partial charge in [0.15, 0.2) is 0 Å². The highest BCUT2D eigenvalue weighted by Gasteiger charge is 2.40. The van der Waals surface area contributed by atoms with Crippen molar-refractivity contribution in [2.24, 2.45) is 5.92 Å². The Kier molecular flexibility index (Phi) is 2.60. The van der Waals surface area contributed by atoms with Crippen LogP contribution in [0.25, 0.3) is 0 Å². The van der Waals surface area contributed by atoms with Gasteiger partial charge in [-0.15, -0.1) is 11.6 Å². The first-order valence-electron chi connectivity index (χ1n) is 4.49. The molecular weight excluding hydrogens is 208 g/mol. The molecule has 0 spiro atoms. The summed E-state index contributed by atoms with van der Waals surface area (Å²) in [4.78, 5) is 29.1. The highest BCUT2D eigenvalue weighted by atomic mass is 35.5. The third-order valence-corrected chi connectivity index (χ3v) is 2.99. The Balaban J connectivity index is 2.04. The number of hydroxylamine groups is 1. The van der Waals surface area contributed by atoms with Crippen LogP contribution in [0.3, 0.4) is 0 Å². The molecule has 0 aromatic heterocycles. The molecule has 2 atom stereocenters. The van der Waals surface area contributed by atoms with E-state index in [1.165, 1.54) is 0 Å². The molecule has 1 N–H and O–H groups in total. The third kappa shape index (κ3) is 1.57. The minimum Gasteiger partial charge on any atom is -0.328 e. The van der Waals surface area contributed by atoms with E-state index in [1.807, 2.05) is 0 Å². The quantitative estimate of drug-likeness (QED) is 0.636. The summed E-state index contributed by atoms with van der Waals surface area (Å²) in [6.07, 6.45) is 0.438. The van der Waals surface area contributed by atoms with Crippen molar-refractivity contribution in [1.29, 1.82) is 0 Å². The first kappa shape index (κ1) is 9.73. The van der Waals surface area contributed by atoms with Crippen LogP contribution in [0.15, 0.2) is 0 Å². The number of carbonyl (C=O) groups excluding carboxylic acids is 2. The number of nitrogens with zero attached hydrogens (tertiary/aromatic N) is 1. The molecule has 0 radical (unpaired) electrons. The average molecular weight is 219 g/mol. The number of alkyl halides is 1. The van der Waals surface area contributed by atoms with E-state index in [4.69, 9.17) is 16.4 Å². The van der Waals surface area contributed by atoms with Crippen LogP contribution in [0.1, 0.15) is 6.42 Å². The minimum absolute atomic E-state index is 0.0127. The molecule has 6 heteroatoms. The predicted octanol–water partition coefficient (Wildman–Crippen LogP) is -0.496. The van der Waals surface area contributed by atoms with Gasteiger partial charge in [0.25, 0.3) is 5.91 Å². The van der Waals surface area contributed by atoms with E-state index in [0.29, 0.717) is 18.8 Å². The highest BCUT2D eigenvalue weighted by Crippen LogP contribution is 2.22. The lowest BCUT2D eigenvalue weighted by Crippen LogP contribution is -2.43. The Labute approximate surface area is 86.3 Å².